The van der Waals surface area contributed by atoms with Gasteiger partial charge in [-0.15, -0.1) is 0 Å². The molecule has 2 saturated heterocycles. The molecular formula is C17H26O7. The van der Waals surface area contributed by atoms with Crippen LogP contribution in [0, 0.1) is 11.8 Å². The molecule has 24 heavy (non-hydrogen) atoms. The lowest BCUT2D eigenvalue weighted by atomic mass is 9.80. The van der Waals surface area contributed by atoms with Gasteiger partial charge in [-0.1, -0.05) is 12.5 Å². The summed E-state index contributed by atoms with van der Waals surface area (Å²) in [5.41, 5.74) is 0.589. The molecule has 2 aliphatic rings. The number of ether oxygens (including phenoxy) is 2. The highest BCUT2D eigenvalue weighted by molar-refractivity contribution is 5.84. The van der Waals surface area contributed by atoms with E-state index in [1.165, 1.54) is 0 Å². The van der Waals surface area contributed by atoms with Crippen molar-refractivity contribution < 1.29 is 34.4 Å². The van der Waals surface area contributed by atoms with Crippen molar-refractivity contribution in [3.63, 3.8) is 0 Å². The number of ketones is 1. The van der Waals surface area contributed by atoms with Crippen LogP contribution in [-0.4, -0.2) is 64.2 Å². The zero-order valence-electron chi connectivity index (χ0n) is 14.2. The predicted octanol–water partition coefficient (Wildman–Crippen LogP) is 0.527. The summed E-state index contributed by atoms with van der Waals surface area (Å²) in [6.45, 7) is 5.31. The Kier molecular flexibility index (Phi) is 6.14. The number of carbonyl (C=O) groups excluding carboxylic acids is 1. The van der Waals surface area contributed by atoms with E-state index in [0.717, 1.165) is 6.08 Å². The lowest BCUT2D eigenvalue weighted by Gasteiger charge is -2.45. The number of Topliss-reactive ketones (excluding diaryl/α,β-unsaturated/α-hetero) is 1. The molecule has 2 rings (SSSR count). The highest BCUT2D eigenvalue weighted by atomic mass is 16.5. The third-order valence-corrected chi connectivity index (χ3v) is 4.92. The second-order valence-corrected chi connectivity index (χ2v) is 6.95. The molecule has 7 atom stereocenters. The lowest BCUT2D eigenvalue weighted by molar-refractivity contribution is -0.222. The molecule has 7 heteroatoms. The van der Waals surface area contributed by atoms with E-state index >= 15 is 0 Å². The van der Waals surface area contributed by atoms with Gasteiger partial charge in [-0.25, -0.2) is 4.79 Å². The van der Waals surface area contributed by atoms with Crippen molar-refractivity contribution in [3.8, 4) is 0 Å². The maximum atomic E-state index is 12.2. The van der Waals surface area contributed by atoms with Crippen LogP contribution in [-0.2, 0) is 19.1 Å². The Morgan fingerprint density at radius 1 is 1.42 bits per heavy atom. The van der Waals surface area contributed by atoms with Gasteiger partial charge < -0.3 is 24.8 Å². The topological polar surface area (TPSA) is 113 Å². The molecule has 0 aromatic heterocycles. The average molecular weight is 342 g/mol. The van der Waals surface area contributed by atoms with Gasteiger partial charge in [0.1, 0.15) is 12.2 Å². The molecule has 2 heterocycles. The van der Waals surface area contributed by atoms with E-state index in [4.69, 9.17) is 14.6 Å². The normalized spacial score (nSPS) is 36.8. The van der Waals surface area contributed by atoms with E-state index in [0.29, 0.717) is 5.57 Å². The highest BCUT2D eigenvalue weighted by Crippen LogP contribution is 2.35. The summed E-state index contributed by atoms with van der Waals surface area (Å²) in [7, 11) is 0. The molecule has 0 aromatic rings. The van der Waals surface area contributed by atoms with Gasteiger partial charge in [0.15, 0.2) is 5.78 Å². The second kappa shape index (κ2) is 7.74. The monoisotopic (exact) mass is 342 g/mol. The number of hydrogen-bond donors (Lipinski definition) is 3. The third-order valence-electron chi connectivity index (χ3n) is 4.92. The standard InChI is InChI=1S/C17H26O7/c1-8(5-14(20)21)4-13-15(22)17-11(7-23-13)6-12(19)16(24-17)9(2)10(3)18/h5,9-11,13,15-18,22H,4,6-7H2,1-3H3,(H,20,21)/b8-5+. The quantitative estimate of drug-likeness (QED) is 0.624. The van der Waals surface area contributed by atoms with Gasteiger partial charge in [0.05, 0.1) is 24.9 Å². The van der Waals surface area contributed by atoms with Crippen LogP contribution in [0.1, 0.15) is 33.6 Å². The number of fused-ring (bicyclic) bond motifs is 1. The molecular weight excluding hydrogens is 316 g/mol. The smallest absolute Gasteiger partial charge is 0.328 e. The second-order valence-electron chi connectivity index (χ2n) is 6.95. The van der Waals surface area contributed by atoms with Crippen LogP contribution in [0.5, 0.6) is 0 Å². The number of rotatable bonds is 5. The van der Waals surface area contributed by atoms with E-state index in [1.807, 2.05) is 0 Å². The first-order chi connectivity index (χ1) is 11.2. The van der Waals surface area contributed by atoms with E-state index < -0.39 is 36.5 Å². The van der Waals surface area contributed by atoms with Gasteiger partial charge in [-0.3, -0.25) is 4.79 Å². The molecule has 0 aliphatic carbocycles. The van der Waals surface area contributed by atoms with Gasteiger partial charge >= 0.3 is 5.97 Å². The van der Waals surface area contributed by atoms with Gasteiger partial charge in [0, 0.05) is 24.3 Å². The van der Waals surface area contributed by atoms with Gasteiger partial charge in [0.2, 0.25) is 0 Å². The largest absolute Gasteiger partial charge is 0.478 e. The van der Waals surface area contributed by atoms with Crippen LogP contribution in [0.3, 0.4) is 0 Å². The van der Waals surface area contributed by atoms with Crippen molar-refractivity contribution in [1.29, 1.82) is 0 Å². The number of carboxylic acid groups (broad SMARTS) is 1. The van der Waals surface area contributed by atoms with Crippen molar-refractivity contribution in [2.45, 2.75) is 64.1 Å². The van der Waals surface area contributed by atoms with Crippen molar-refractivity contribution >= 4 is 11.8 Å². The maximum absolute atomic E-state index is 12.2. The molecule has 0 bridgehead atoms. The molecule has 2 fully saturated rings. The molecule has 136 valence electrons. The van der Waals surface area contributed by atoms with Crippen molar-refractivity contribution in [2.24, 2.45) is 11.8 Å². The summed E-state index contributed by atoms with van der Waals surface area (Å²) >= 11 is 0. The Balaban J connectivity index is 2.08. The Bertz CT molecular complexity index is 513. The number of aliphatic carboxylic acids is 1. The van der Waals surface area contributed by atoms with E-state index in [-0.39, 0.29) is 37.1 Å². The SMILES string of the molecule is C/C(=C\C(=O)O)CC1OCC2CC(=O)C(C(C)C(C)O)OC2C1O. The van der Waals surface area contributed by atoms with Crippen molar-refractivity contribution in [3.05, 3.63) is 11.6 Å². The first-order valence-corrected chi connectivity index (χ1v) is 8.26. The van der Waals surface area contributed by atoms with E-state index in [2.05, 4.69) is 0 Å². The number of carbonyl (C=O) groups is 2. The van der Waals surface area contributed by atoms with Crippen LogP contribution in [0.4, 0.5) is 0 Å². The van der Waals surface area contributed by atoms with Crippen LogP contribution in [0.2, 0.25) is 0 Å². The molecule has 0 spiro atoms. The lowest BCUT2D eigenvalue weighted by Crippen LogP contribution is -2.58. The minimum Gasteiger partial charge on any atom is -0.478 e. The first-order valence-electron chi connectivity index (χ1n) is 8.26. The van der Waals surface area contributed by atoms with E-state index in [1.54, 1.807) is 20.8 Å². The fourth-order valence-electron chi connectivity index (χ4n) is 3.35. The number of carboxylic acids is 1. The maximum Gasteiger partial charge on any atom is 0.328 e. The zero-order chi connectivity index (χ0) is 18.0. The van der Waals surface area contributed by atoms with Crippen molar-refractivity contribution in [1.82, 2.24) is 0 Å². The van der Waals surface area contributed by atoms with Crippen LogP contribution >= 0.6 is 0 Å². The molecule has 0 aromatic carbocycles. The summed E-state index contributed by atoms with van der Waals surface area (Å²) in [4.78, 5) is 22.9. The molecule has 0 amide bonds. The molecule has 7 nitrogen and oxygen atoms in total. The zero-order valence-corrected chi connectivity index (χ0v) is 14.2. The Hall–Kier alpha value is -1.28. The minimum atomic E-state index is -1.04. The number of aliphatic hydroxyl groups is 2. The fourth-order valence-corrected chi connectivity index (χ4v) is 3.35. The Labute approximate surface area is 141 Å². The third kappa shape index (κ3) is 4.22. The average Bonchev–Trinajstić information content (AvgIpc) is 2.48. The first kappa shape index (κ1) is 19.1. The summed E-state index contributed by atoms with van der Waals surface area (Å²) in [5.74, 6) is -1.70. The molecule has 3 N–H and O–H groups in total. The number of hydrogen-bond acceptors (Lipinski definition) is 6. The van der Waals surface area contributed by atoms with Gasteiger partial charge in [0.25, 0.3) is 0 Å². The molecule has 7 unspecified atom stereocenters. The fraction of sp³-hybridized carbons (Fsp3) is 0.765. The minimum absolute atomic E-state index is 0.0825. The van der Waals surface area contributed by atoms with Gasteiger partial charge in [-0.2, -0.15) is 0 Å². The Morgan fingerprint density at radius 2 is 2.08 bits per heavy atom. The molecule has 2 aliphatic heterocycles. The highest BCUT2D eigenvalue weighted by Gasteiger charge is 2.48. The van der Waals surface area contributed by atoms with Crippen LogP contribution in [0.25, 0.3) is 0 Å². The van der Waals surface area contributed by atoms with E-state index in [9.17, 15) is 19.8 Å². The predicted molar refractivity (Wildman–Crippen MR) is 84.4 cm³/mol. The molecule has 0 saturated carbocycles. The summed E-state index contributed by atoms with van der Waals surface area (Å²) in [5, 5.41) is 29.1. The summed E-state index contributed by atoms with van der Waals surface area (Å²) < 4.78 is 11.5. The Morgan fingerprint density at radius 3 is 2.67 bits per heavy atom. The molecule has 0 radical (unpaired) electrons. The number of aliphatic hydroxyl groups excluding tert-OH is 2. The summed E-state index contributed by atoms with van der Waals surface area (Å²) in [6, 6.07) is 0. The van der Waals surface area contributed by atoms with Crippen LogP contribution in [0.15, 0.2) is 11.6 Å². The summed E-state index contributed by atoms with van der Waals surface area (Å²) in [6.07, 6.45) is -1.88. The van der Waals surface area contributed by atoms with Crippen molar-refractivity contribution in [2.75, 3.05) is 6.61 Å². The van der Waals surface area contributed by atoms with Crippen LogP contribution < -0.4 is 0 Å². The van der Waals surface area contributed by atoms with Gasteiger partial charge in [-0.05, 0) is 20.3 Å².